The lowest BCUT2D eigenvalue weighted by molar-refractivity contribution is 0.292. The Morgan fingerprint density at radius 2 is 2.15 bits per heavy atom. The molecular weight excluding hydrogens is 164 g/mol. The van der Waals surface area contributed by atoms with Crippen LogP contribution < -0.4 is 4.74 Å². The summed E-state index contributed by atoms with van der Waals surface area (Å²) in [6.45, 7) is 0.831. The highest BCUT2D eigenvalue weighted by atomic mass is 16.5. The lowest BCUT2D eigenvalue weighted by Gasteiger charge is -2.17. The Labute approximate surface area is 76.1 Å². The first-order valence-corrected chi connectivity index (χ1v) is 4.57. The second-order valence-corrected chi connectivity index (χ2v) is 3.34. The van der Waals surface area contributed by atoms with Gasteiger partial charge in [-0.05, 0) is 30.5 Å². The summed E-state index contributed by atoms with van der Waals surface area (Å²) in [6.07, 6.45) is 3.95. The second-order valence-electron chi connectivity index (χ2n) is 3.34. The van der Waals surface area contributed by atoms with Gasteiger partial charge in [-0.25, -0.2) is 0 Å². The van der Waals surface area contributed by atoms with Gasteiger partial charge in [-0.2, -0.15) is 0 Å². The van der Waals surface area contributed by atoms with E-state index in [9.17, 15) is 0 Å². The smallest absolute Gasteiger partial charge is 0.137 e. The number of aryl methyl sites for hydroxylation is 1. The summed E-state index contributed by atoms with van der Waals surface area (Å²) in [4.78, 5) is 0. The maximum Gasteiger partial charge on any atom is 0.137 e. The quantitative estimate of drug-likeness (QED) is 0.612. The molecule has 1 aliphatic rings. The Morgan fingerprint density at radius 3 is 3.15 bits per heavy atom. The number of ether oxygens (including phenoxy) is 1. The fraction of sp³-hybridized carbons (Fsp3) is 0.273. The summed E-state index contributed by atoms with van der Waals surface area (Å²) in [5.41, 5.74) is 2.22. The third-order valence-electron chi connectivity index (χ3n) is 2.50. The maximum absolute atomic E-state index is 5.64. The van der Waals surface area contributed by atoms with E-state index in [1.165, 1.54) is 5.56 Å². The van der Waals surface area contributed by atoms with Crippen molar-refractivity contribution in [2.45, 2.75) is 12.8 Å². The van der Waals surface area contributed by atoms with Crippen molar-refractivity contribution in [3.63, 3.8) is 0 Å². The molecule has 1 aliphatic heterocycles. The average molecular weight is 174 g/mol. The number of furan rings is 1. The highest BCUT2D eigenvalue weighted by Crippen LogP contribution is 2.33. The van der Waals surface area contributed by atoms with Crippen LogP contribution in [0.5, 0.6) is 5.75 Å². The van der Waals surface area contributed by atoms with Gasteiger partial charge in [-0.1, -0.05) is 6.07 Å². The van der Waals surface area contributed by atoms with Crippen LogP contribution in [0.4, 0.5) is 0 Å². The number of benzene rings is 1. The van der Waals surface area contributed by atoms with Crippen LogP contribution in [0, 0.1) is 0 Å². The Balaban J connectivity index is 2.34. The average Bonchev–Trinajstić information content (AvgIpc) is 2.65. The van der Waals surface area contributed by atoms with Gasteiger partial charge < -0.3 is 9.15 Å². The van der Waals surface area contributed by atoms with Gasteiger partial charge in [0.1, 0.15) is 11.3 Å². The molecule has 0 N–H and O–H groups in total. The molecule has 0 atom stereocenters. The van der Waals surface area contributed by atoms with Gasteiger partial charge in [0, 0.05) is 0 Å². The van der Waals surface area contributed by atoms with Crippen LogP contribution in [0.2, 0.25) is 0 Å². The first-order valence-electron chi connectivity index (χ1n) is 4.57. The van der Waals surface area contributed by atoms with Crippen molar-refractivity contribution in [1.82, 2.24) is 0 Å². The van der Waals surface area contributed by atoms with Crippen molar-refractivity contribution < 1.29 is 9.15 Å². The summed E-state index contributed by atoms with van der Waals surface area (Å²) in [7, 11) is 0. The van der Waals surface area contributed by atoms with E-state index in [0.29, 0.717) is 0 Å². The van der Waals surface area contributed by atoms with Gasteiger partial charge in [0.2, 0.25) is 0 Å². The van der Waals surface area contributed by atoms with Crippen LogP contribution >= 0.6 is 0 Å². The molecule has 0 aliphatic carbocycles. The second kappa shape index (κ2) is 2.52. The lowest BCUT2D eigenvalue weighted by atomic mass is 10.0. The molecule has 0 saturated carbocycles. The molecule has 1 aromatic carbocycles. The molecule has 13 heavy (non-hydrogen) atoms. The van der Waals surface area contributed by atoms with Crippen molar-refractivity contribution in [3.05, 3.63) is 30.0 Å². The van der Waals surface area contributed by atoms with E-state index < -0.39 is 0 Å². The van der Waals surface area contributed by atoms with Crippen LogP contribution in [-0.2, 0) is 6.42 Å². The highest BCUT2D eigenvalue weighted by Gasteiger charge is 2.14. The molecule has 0 saturated heterocycles. The van der Waals surface area contributed by atoms with Crippen LogP contribution in [0.15, 0.2) is 28.9 Å². The summed E-state index contributed by atoms with van der Waals surface area (Å²) in [6, 6.07) is 6.09. The largest absolute Gasteiger partial charge is 0.493 e. The fourth-order valence-corrected chi connectivity index (χ4v) is 1.87. The summed E-state index contributed by atoms with van der Waals surface area (Å²) in [5.74, 6) is 1.03. The van der Waals surface area contributed by atoms with E-state index in [0.717, 1.165) is 36.2 Å². The first-order chi connectivity index (χ1) is 6.45. The number of fused-ring (bicyclic) bond motifs is 3. The van der Waals surface area contributed by atoms with Crippen molar-refractivity contribution >= 4 is 11.0 Å². The highest BCUT2D eigenvalue weighted by molar-refractivity contribution is 5.85. The molecule has 66 valence electrons. The monoisotopic (exact) mass is 174 g/mol. The normalized spacial score (nSPS) is 15.4. The number of rotatable bonds is 0. The van der Waals surface area contributed by atoms with Gasteiger partial charge in [0.25, 0.3) is 0 Å². The van der Waals surface area contributed by atoms with Gasteiger partial charge in [0.05, 0.1) is 18.3 Å². The zero-order valence-corrected chi connectivity index (χ0v) is 7.25. The van der Waals surface area contributed by atoms with Gasteiger partial charge in [-0.3, -0.25) is 0 Å². The maximum atomic E-state index is 5.64. The molecule has 0 spiro atoms. The SMILES string of the molecule is c1cc2c3c(ccc2o1)CCCO3. The Bertz CT molecular complexity index is 442. The lowest BCUT2D eigenvalue weighted by Crippen LogP contribution is -2.07. The predicted octanol–water partition coefficient (Wildman–Crippen LogP) is 2.76. The summed E-state index contributed by atoms with van der Waals surface area (Å²) in [5, 5.41) is 1.11. The topological polar surface area (TPSA) is 22.4 Å². The third kappa shape index (κ3) is 0.949. The molecule has 0 radical (unpaired) electrons. The van der Waals surface area contributed by atoms with Crippen LogP contribution in [0.25, 0.3) is 11.0 Å². The molecule has 2 aromatic rings. The Morgan fingerprint density at radius 1 is 1.15 bits per heavy atom. The molecule has 0 bridgehead atoms. The summed E-state index contributed by atoms with van der Waals surface area (Å²) < 4.78 is 10.9. The van der Waals surface area contributed by atoms with Crippen molar-refractivity contribution in [2.24, 2.45) is 0 Å². The predicted molar refractivity (Wildman–Crippen MR) is 50.0 cm³/mol. The molecule has 0 fully saturated rings. The molecule has 3 rings (SSSR count). The Kier molecular flexibility index (Phi) is 1.36. The molecule has 2 heterocycles. The fourth-order valence-electron chi connectivity index (χ4n) is 1.87. The summed E-state index contributed by atoms with van der Waals surface area (Å²) >= 11 is 0. The van der Waals surface area contributed by atoms with E-state index >= 15 is 0 Å². The van der Waals surface area contributed by atoms with E-state index in [1.807, 2.05) is 12.1 Å². The van der Waals surface area contributed by atoms with E-state index in [2.05, 4.69) is 6.07 Å². The molecule has 0 amide bonds. The minimum Gasteiger partial charge on any atom is -0.493 e. The molecule has 0 unspecified atom stereocenters. The van der Waals surface area contributed by atoms with Gasteiger partial charge in [0.15, 0.2) is 0 Å². The third-order valence-corrected chi connectivity index (χ3v) is 2.50. The zero-order valence-electron chi connectivity index (χ0n) is 7.25. The van der Waals surface area contributed by atoms with Crippen LogP contribution in [-0.4, -0.2) is 6.61 Å². The molecule has 1 aromatic heterocycles. The minimum atomic E-state index is 0.831. The van der Waals surface area contributed by atoms with Gasteiger partial charge >= 0.3 is 0 Å². The Hall–Kier alpha value is -1.44. The minimum absolute atomic E-state index is 0.831. The molecule has 2 nitrogen and oxygen atoms in total. The molecule has 2 heteroatoms. The van der Waals surface area contributed by atoms with Crippen molar-refractivity contribution in [3.8, 4) is 5.75 Å². The zero-order chi connectivity index (χ0) is 8.67. The number of hydrogen-bond donors (Lipinski definition) is 0. The van der Waals surface area contributed by atoms with Crippen molar-refractivity contribution in [1.29, 1.82) is 0 Å². The molecular formula is C11H10O2. The van der Waals surface area contributed by atoms with E-state index in [4.69, 9.17) is 9.15 Å². The standard InChI is InChI=1S/C11H10O2/c1-2-8-3-4-10-9(5-7-12-10)11(8)13-6-1/h3-5,7H,1-2,6H2. The van der Waals surface area contributed by atoms with E-state index in [-0.39, 0.29) is 0 Å². The van der Waals surface area contributed by atoms with Crippen molar-refractivity contribution in [2.75, 3.05) is 6.61 Å². The van der Waals surface area contributed by atoms with Crippen LogP contribution in [0.1, 0.15) is 12.0 Å². The van der Waals surface area contributed by atoms with Gasteiger partial charge in [-0.15, -0.1) is 0 Å². The van der Waals surface area contributed by atoms with E-state index in [1.54, 1.807) is 6.26 Å². The number of hydrogen-bond acceptors (Lipinski definition) is 2. The van der Waals surface area contributed by atoms with Crippen LogP contribution in [0.3, 0.4) is 0 Å². The first kappa shape index (κ1) is 7.01.